The highest BCUT2D eigenvalue weighted by Gasteiger charge is 2.31. The van der Waals surface area contributed by atoms with Gasteiger partial charge in [0.1, 0.15) is 5.75 Å². The molecule has 1 saturated heterocycles. The van der Waals surface area contributed by atoms with Crippen LogP contribution in [0.15, 0.2) is 24.3 Å². The van der Waals surface area contributed by atoms with E-state index in [1.165, 1.54) is 25.7 Å². The summed E-state index contributed by atoms with van der Waals surface area (Å²) in [5.74, 6) is 1.96. The van der Waals surface area contributed by atoms with Gasteiger partial charge in [0.15, 0.2) is 5.82 Å². The number of rotatable bonds is 5. The zero-order chi connectivity index (χ0) is 23.9. The van der Waals surface area contributed by atoms with Crippen molar-refractivity contribution in [2.24, 2.45) is 11.3 Å². The van der Waals surface area contributed by atoms with Crippen LogP contribution in [0.4, 0.5) is 5.82 Å². The molecule has 0 radical (unpaired) electrons. The molecule has 6 heteroatoms. The molecule has 1 aromatic heterocycles. The molecule has 0 spiro atoms. The fourth-order valence-electron chi connectivity index (χ4n) is 4.82. The summed E-state index contributed by atoms with van der Waals surface area (Å²) in [4.78, 5) is 10.8. The Bertz CT molecular complexity index is 852. The fraction of sp³-hybridized carbons (Fsp3) is 0.577. The highest BCUT2D eigenvalue weighted by molar-refractivity contribution is 5.71. The number of aromatic nitrogens is 2. The summed E-state index contributed by atoms with van der Waals surface area (Å²) < 4.78 is 0. The van der Waals surface area contributed by atoms with E-state index in [0.717, 1.165) is 47.1 Å². The van der Waals surface area contributed by atoms with Crippen molar-refractivity contribution in [2.45, 2.75) is 79.7 Å². The van der Waals surface area contributed by atoms with Gasteiger partial charge in [-0.3, -0.25) is 4.79 Å². The molecule has 1 unspecified atom stereocenters. The molecule has 2 atom stereocenters. The number of carbonyl (C=O) groups is 1. The maximum absolute atomic E-state index is 10.4. The molecule has 0 bridgehead atoms. The third-order valence-electron chi connectivity index (χ3n) is 6.26. The van der Waals surface area contributed by atoms with Crippen LogP contribution in [0, 0.1) is 25.2 Å². The largest absolute Gasteiger partial charge is 0.507 e. The van der Waals surface area contributed by atoms with E-state index < -0.39 is 0 Å². The molecule has 1 aliphatic heterocycles. The molecule has 2 heterocycles. The van der Waals surface area contributed by atoms with Gasteiger partial charge in [0.2, 0.25) is 0 Å². The molecular formula is C26H39N3O3. The van der Waals surface area contributed by atoms with Gasteiger partial charge in [0.05, 0.1) is 5.69 Å². The summed E-state index contributed by atoms with van der Waals surface area (Å²) >= 11 is 0. The lowest BCUT2D eigenvalue weighted by Crippen LogP contribution is -2.45. The lowest BCUT2D eigenvalue weighted by Gasteiger charge is -2.42. The van der Waals surface area contributed by atoms with Crippen molar-refractivity contribution >= 4 is 12.3 Å². The second-order valence-corrected chi connectivity index (χ2v) is 10.0. The standard InChI is InChI=1S/C25H37N3O.CH2O2/c1-7-21-19(12-13-25(4,5)6)9-8-14-28(21)23-11-10-20(26-27-23)24-18(3)15-17(2)16-22(24)29;2-1-3/h10-11,15-16,19,21,29H,7-9,12-14H2,1-6H3;1H,(H,2,3)/t19-,21?;/m1./s1. The molecule has 0 aliphatic carbocycles. The monoisotopic (exact) mass is 441 g/mol. The van der Waals surface area contributed by atoms with E-state index in [1.807, 2.05) is 19.9 Å². The number of aromatic hydroxyl groups is 1. The minimum Gasteiger partial charge on any atom is -0.507 e. The quantitative estimate of drug-likeness (QED) is 0.554. The summed E-state index contributed by atoms with van der Waals surface area (Å²) in [7, 11) is 0. The Morgan fingerprint density at radius 1 is 1.19 bits per heavy atom. The van der Waals surface area contributed by atoms with E-state index >= 15 is 0 Å². The van der Waals surface area contributed by atoms with Gasteiger partial charge in [0.25, 0.3) is 6.47 Å². The number of nitrogens with zero attached hydrogens (tertiary/aromatic N) is 3. The predicted molar refractivity (Wildman–Crippen MR) is 130 cm³/mol. The van der Waals surface area contributed by atoms with Crippen molar-refractivity contribution in [2.75, 3.05) is 11.4 Å². The first-order valence-electron chi connectivity index (χ1n) is 11.6. The molecule has 32 heavy (non-hydrogen) atoms. The Morgan fingerprint density at radius 2 is 1.88 bits per heavy atom. The second kappa shape index (κ2) is 11.3. The normalized spacial score (nSPS) is 18.6. The Hall–Kier alpha value is -2.63. The summed E-state index contributed by atoms with van der Waals surface area (Å²) in [5.41, 5.74) is 3.97. The first kappa shape index (κ1) is 25.6. The van der Waals surface area contributed by atoms with Crippen LogP contribution in [0.2, 0.25) is 0 Å². The Labute approximate surface area is 192 Å². The van der Waals surface area contributed by atoms with Crippen LogP contribution in [0.5, 0.6) is 5.75 Å². The van der Waals surface area contributed by atoms with Crippen molar-refractivity contribution in [3.05, 3.63) is 35.4 Å². The van der Waals surface area contributed by atoms with Gasteiger partial charge < -0.3 is 15.1 Å². The molecule has 176 valence electrons. The molecule has 3 rings (SSSR count). The van der Waals surface area contributed by atoms with E-state index in [2.05, 4.69) is 54.9 Å². The fourth-order valence-corrected chi connectivity index (χ4v) is 4.82. The average molecular weight is 442 g/mol. The molecule has 6 nitrogen and oxygen atoms in total. The second-order valence-electron chi connectivity index (χ2n) is 10.0. The number of phenolic OH excluding ortho intramolecular Hbond substituents is 1. The van der Waals surface area contributed by atoms with Crippen LogP contribution in [-0.4, -0.2) is 39.5 Å². The third-order valence-corrected chi connectivity index (χ3v) is 6.26. The van der Waals surface area contributed by atoms with Gasteiger partial charge in [-0.15, -0.1) is 10.2 Å². The number of anilines is 1. The van der Waals surface area contributed by atoms with Crippen LogP contribution in [0.3, 0.4) is 0 Å². The first-order chi connectivity index (χ1) is 15.1. The van der Waals surface area contributed by atoms with Gasteiger partial charge in [-0.1, -0.05) is 33.8 Å². The van der Waals surface area contributed by atoms with Crippen molar-refractivity contribution in [1.82, 2.24) is 10.2 Å². The maximum Gasteiger partial charge on any atom is 0.290 e. The molecule has 1 aromatic carbocycles. The van der Waals surface area contributed by atoms with Crippen LogP contribution in [0.1, 0.15) is 70.9 Å². The van der Waals surface area contributed by atoms with Crippen LogP contribution in [-0.2, 0) is 4.79 Å². The van der Waals surface area contributed by atoms with Gasteiger partial charge in [-0.2, -0.15) is 0 Å². The number of hydrogen-bond acceptors (Lipinski definition) is 5. The van der Waals surface area contributed by atoms with Gasteiger partial charge in [0, 0.05) is 18.2 Å². The van der Waals surface area contributed by atoms with E-state index in [-0.39, 0.29) is 12.2 Å². The number of aryl methyl sites for hydroxylation is 2. The number of phenols is 1. The lowest BCUT2D eigenvalue weighted by molar-refractivity contribution is -0.122. The zero-order valence-electron chi connectivity index (χ0n) is 20.4. The number of hydrogen-bond donors (Lipinski definition) is 2. The first-order valence-corrected chi connectivity index (χ1v) is 11.6. The van der Waals surface area contributed by atoms with Crippen molar-refractivity contribution < 1.29 is 15.0 Å². The topological polar surface area (TPSA) is 86.5 Å². The lowest BCUT2D eigenvalue weighted by atomic mass is 9.79. The Morgan fingerprint density at radius 3 is 2.41 bits per heavy atom. The minimum absolute atomic E-state index is 0.250. The molecule has 2 aromatic rings. The van der Waals surface area contributed by atoms with Crippen LogP contribution < -0.4 is 4.90 Å². The Kier molecular flexibility index (Phi) is 9.05. The maximum atomic E-state index is 10.4. The highest BCUT2D eigenvalue weighted by atomic mass is 16.3. The van der Waals surface area contributed by atoms with Crippen molar-refractivity contribution in [3.63, 3.8) is 0 Å². The SMILES string of the molecule is CCC1[C@@H](CCC(C)(C)C)CCCN1c1ccc(-c2c(C)cc(C)cc2O)nn1.O=CO. The summed E-state index contributed by atoms with van der Waals surface area (Å²) in [6, 6.07) is 8.47. The average Bonchev–Trinajstić information content (AvgIpc) is 2.72. The summed E-state index contributed by atoms with van der Waals surface area (Å²) in [6.45, 7) is 14.1. The van der Waals surface area contributed by atoms with E-state index in [1.54, 1.807) is 6.07 Å². The minimum atomic E-state index is -0.250. The third kappa shape index (κ3) is 6.68. The number of carboxylic acid groups (broad SMARTS) is 1. The number of piperidine rings is 1. The molecule has 2 N–H and O–H groups in total. The smallest absolute Gasteiger partial charge is 0.290 e. The van der Waals surface area contributed by atoms with E-state index in [9.17, 15) is 5.11 Å². The highest BCUT2D eigenvalue weighted by Crippen LogP contribution is 2.36. The number of benzene rings is 1. The van der Waals surface area contributed by atoms with Gasteiger partial charge >= 0.3 is 0 Å². The van der Waals surface area contributed by atoms with Crippen LogP contribution in [0.25, 0.3) is 11.3 Å². The Balaban J connectivity index is 0.00000114. The van der Waals surface area contributed by atoms with E-state index in [0.29, 0.717) is 11.5 Å². The van der Waals surface area contributed by atoms with Gasteiger partial charge in [-0.05, 0) is 86.6 Å². The van der Waals surface area contributed by atoms with E-state index in [4.69, 9.17) is 9.90 Å². The molecule has 1 aliphatic rings. The molecule has 0 saturated carbocycles. The predicted octanol–water partition coefficient (Wildman–Crippen LogP) is 5.99. The van der Waals surface area contributed by atoms with Crippen LogP contribution >= 0.6 is 0 Å². The summed E-state index contributed by atoms with van der Waals surface area (Å²) in [6.07, 6.45) is 6.20. The molecule has 0 amide bonds. The van der Waals surface area contributed by atoms with Crippen molar-refractivity contribution in [3.8, 4) is 17.0 Å². The molecular weight excluding hydrogens is 402 g/mol. The van der Waals surface area contributed by atoms with Gasteiger partial charge in [-0.25, -0.2) is 0 Å². The summed E-state index contributed by atoms with van der Waals surface area (Å²) in [5, 5.41) is 26.4. The van der Waals surface area contributed by atoms with Crippen molar-refractivity contribution in [1.29, 1.82) is 0 Å². The molecule has 1 fully saturated rings. The zero-order valence-corrected chi connectivity index (χ0v) is 20.4.